The monoisotopic (exact) mass is 293 g/mol. The number of hydrogen-bond acceptors (Lipinski definition) is 3. The van der Waals surface area contributed by atoms with Gasteiger partial charge in [-0.15, -0.1) is 23.1 Å². The second kappa shape index (κ2) is 6.86. The summed E-state index contributed by atoms with van der Waals surface area (Å²) in [4.78, 5) is 2.41. The predicted molar refractivity (Wildman–Crippen MR) is 81.3 cm³/mol. The number of thioether (sulfide) groups is 1. The van der Waals surface area contributed by atoms with Crippen LogP contribution < -0.4 is 5.73 Å². The zero-order valence-electron chi connectivity index (χ0n) is 9.65. The van der Waals surface area contributed by atoms with Gasteiger partial charge in [-0.25, -0.2) is 0 Å². The van der Waals surface area contributed by atoms with E-state index < -0.39 is 0 Å². The van der Waals surface area contributed by atoms with Crippen molar-refractivity contribution in [1.29, 1.82) is 0 Å². The molecular weight excluding hydrogens is 282 g/mol. The molecule has 92 valence electrons. The quantitative estimate of drug-likeness (QED) is 0.684. The molecule has 0 saturated carbocycles. The van der Waals surface area contributed by atoms with Gasteiger partial charge in [0.15, 0.2) is 0 Å². The van der Waals surface area contributed by atoms with Crippen LogP contribution in [0.2, 0.25) is 5.02 Å². The molecule has 2 aromatic rings. The van der Waals surface area contributed by atoms with Gasteiger partial charge in [-0.05, 0) is 18.2 Å². The lowest BCUT2D eigenvalue weighted by molar-refractivity contribution is 1.30. The zero-order chi connectivity index (χ0) is 12.8. The van der Waals surface area contributed by atoms with Crippen LogP contribution in [0.5, 0.6) is 0 Å². The van der Waals surface area contributed by atoms with Crippen molar-refractivity contribution in [3.63, 3.8) is 0 Å². The van der Waals surface area contributed by atoms with Crippen LogP contribution in [0.3, 0.4) is 0 Å². The highest BCUT2D eigenvalue weighted by Crippen LogP contribution is 2.31. The maximum absolute atomic E-state index is 6.11. The highest BCUT2D eigenvalue weighted by atomic mass is 35.5. The van der Waals surface area contributed by atoms with Gasteiger partial charge < -0.3 is 5.73 Å². The third-order valence-electron chi connectivity index (χ3n) is 2.20. The van der Waals surface area contributed by atoms with E-state index in [9.17, 15) is 0 Å². The highest BCUT2D eigenvalue weighted by molar-refractivity contribution is 7.98. The molecule has 1 nitrogen and oxygen atoms in total. The van der Waals surface area contributed by atoms with Gasteiger partial charge in [-0.2, -0.15) is 0 Å². The van der Waals surface area contributed by atoms with Crippen LogP contribution in [0.15, 0.2) is 40.6 Å². The summed E-state index contributed by atoms with van der Waals surface area (Å²) < 4.78 is 0. The van der Waals surface area contributed by atoms with Crippen molar-refractivity contribution in [2.75, 3.05) is 6.54 Å². The Labute approximate surface area is 120 Å². The lowest BCUT2D eigenvalue weighted by Gasteiger charge is -2.01. The normalized spacial score (nSPS) is 9.89. The molecule has 1 heterocycles. The smallest absolute Gasteiger partial charge is 0.0555 e. The fraction of sp³-hybridized carbons (Fsp3) is 0.143. The third kappa shape index (κ3) is 3.79. The van der Waals surface area contributed by atoms with E-state index in [1.54, 1.807) is 23.1 Å². The van der Waals surface area contributed by atoms with Crippen LogP contribution >= 0.6 is 34.7 Å². The summed E-state index contributed by atoms with van der Waals surface area (Å²) in [7, 11) is 0. The van der Waals surface area contributed by atoms with Crippen LogP contribution in [-0.2, 0) is 5.75 Å². The zero-order valence-corrected chi connectivity index (χ0v) is 12.0. The van der Waals surface area contributed by atoms with E-state index in [4.69, 9.17) is 17.3 Å². The van der Waals surface area contributed by atoms with Gasteiger partial charge in [-0.1, -0.05) is 35.6 Å². The average molecular weight is 294 g/mol. The molecule has 0 aliphatic carbocycles. The van der Waals surface area contributed by atoms with Crippen molar-refractivity contribution in [3.05, 3.63) is 51.2 Å². The molecule has 0 spiro atoms. The van der Waals surface area contributed by atoms with Gasteiger partial charge in [0.05, 0.1) is 11.6 Å². The second-order valence-electron chi connectivity index (χ2n) is 3.53. The van der Waals surface area contributed by atoms with Crippen LogP contribution in [0.25, 0.3) is 0 Å². The molecule has 0 saturated heterocycles. The number of hydrogen-bond donors (Lipinski definition) is 1. The van der Waals surface area contributed by atoms with E-state index >= 15 is 0 Å². The van der Waals surface area contributed by atoms with Crippen LogP contribution in [0, 0.1) is 11.8 Å². The van der Waals surface area contributed by atoms with Crippen LogP contribution in [0.1, 0.15) is 10.4 Å². The summed E-state index contributed by atoms with van der Waals surface area (Å²) in [6, 6.07) is 10.0. The molecule has 0 amide bonds. The second-order valence-corrected chi connectivity index (χ2v) is 5.95. The van der Waals surface area contributed by atoms with E-state index in [0.717, 1.165) is 21.2 Å². The van der Waals surface area contributed by atoms with Crippen molar-refractivity contribution in [1.82, 2.24) is 0 Å². The summed E-state index contributed by atoms with van der Waals surface area (Å²) in [5.41, 5.74) is 6.39. The molecule has 2 N–H and O–H groups in total. The lowest BCUT2D eigenvalue weighted by atomic mass is 10.3. The number of halogens is 1. The molecule has 0 unspecified atom stereocenters. The van der Waals surface area contributed by atoms with Gasteiger partial charge in [0, 0.05) is 26.5 Å². The standard InChI is InChI=1S/C14H12ClNS2/c15-13-5-1-2-6-14(13)18-10-12-8-11(9-17-12)4-3-7-16/h1-2,5-6,8-9H,7,10,16H2. The molecular formula is C14H12ClNS2. The van der Waals surface area contributed by atoms with E-state index in [-0.39, 0.29) is 0 Å². The summed E-state index contributed by atoms with van der Waals surface area (Å²) in [5.74, 6) is 6.81. The SMILES string of the molecule is NCC#Cc1csc(CSc2ccccc2Cl)c1. The maximum atomic E-state index is 6.11. The first-order valence-corrected chi connectivity index (χ1v) is 7.67. The Morgan fingerprint density at radius 2 is 2.17 bits per heavy atom. The molecule has 0 radical (unpaired) electrons. The van der Waals surface area contributed by atoms with Gasteiger partial charge in [0.1, 0.15) is 0 Å². The van der Waals surface area contributed by atoms with Gasteiger partial charge >= 0.3 is 0 Å². The molecule has 2 rings (SSSR count). The Kier molecular flexibility index (Phi) is 5.15. The number of nitrogens with two attached hydrogens (primary N) is 1. The Balaban J connectivity index is 1.98. The largest absolute Gasteiger partial charge is 0.320 e. The Morgan fingerprint density at radius 3 is 2.94 bits per heavy atom. The van der Waals surface area contributed by atoms with Gasteiger partial charge in [0.2, 0.25) is 0 Å². The van der Waals surface area contributed by atoms with E-state index in [1.165, 1.54) is 4.88 Å². The molecule has 18 heavy (non-hydrogen) atoms. The molecule has 1 aromatic carbocycles. The number of benzene rings is 1. The van der Waals surface area contributed by atoms with Gasteiger partial charge in [-0.3, -0.25) is 0 Å². The first-order chi connectivity index (χ1) is 8.79. The molecule has 4 heteroatoms. The maximum Gasteiger partial charge on any atom is 0.0555 e. The fourth-order valence-corrected chi connectivity index (χ4v) is 3.50. The molecule has 0 bridgehead atoms. The topological polar surface area (TPSA) is 26.0 Å². The lowest BCUT2D eigenvalue weighted by Crippen LogP contribution is -1.92. The third-order valence-corrected chi connectivity index (χ3v) is 4.88. The Bertz CT molecular complexity index is 581. The van der Waals surface area contributed by atoms with Crippen LogP contribution in [-0.4, -0.2) is 6.54 Å². The summed E-state index contributed by atoms with van der Waals surface area (Å²) >= 11 is 9.57. The average Bonchev–Trinajstić information content (AvgIpc) is 2.83. The molecule has 0 aliphatic heterocycles. The Morgan fingerprint density at radius 1 is 1.33 bits per heavy atom. The van der Waals surface area contributed by atoms with Crippen molar-refractivity contribution in [2.24, 2.45) is 5.73 Å². The summed E-state index contributed by atoms with van der Waals surface area (Å²) in [6.07, 6.45) is 0. The summed E-state index contributed by atoms with van der Waals surface area (Å²) in [6.45, 7) is 0.402. The van der Waals surface area contributed by atoms with Gasteiger partial charge in [0.25, 0.3) is 0 Å². The minimum absolute atomic E-state index is 0.402. The summed E-state index contributed by atoms with van der Waals surface area (Å²) in [5, 5.41) is 2.87. The fourth-order valence-electron chi connectivity index (χ4n) is 1.39. The minimum atomic E-state index is 0.402. The van der Waals surface area contributed by atoms with E-state index in [1.807, 2.05) is 24.3 Å². The van der Waals surface area contributed by atoms with Crippen molar-refractivity contribution in [3.8, 4) is 11.8 Å². The van der Waals surface area contributed by atoms with Crippen molar-refractivity contribution in [2.45, 2.75) is 10.6 Å². The van der Waals surface area contributed by atoms with Crippen LogP contribution in [0.4, 0.5) is 0 Å². The molecule has 0 aliphatic rings. The number of thiophene rings is 1. The predicted octanol–water partition coefficient (Wildman–Crippen LogP) is 4.00. The van der Waals surface area contributed by atoms with Crippen molar-refractivity contribution < 1.29 is 0 Å². The van der Waals surface area contributed by atoms with Crippen molar-refractivity contribution >= 4 is 34.7 Å². The first kappa shape index (κ1) is 13.5. The highest BCUT2D eigenvalue weighted by Gasteiger charge is 2.02. The first-order valence-electron chi connectivity index (χ1n) is 5.43. The minimum Gasteiger partial charge on any atom is -0.320 e. The van der Waals surface area contributed by atoms with E-state index in [2.05, 4.69) is 23.3 Å². The molecule has 1 aromatic heterocycles. The number of rotatable bonds is 3. The molecule has 0 fully saturated rings. The van der Waals surface area contributed by atoms with E-state index in [0.29, 0.717) is 6.54 Å². The Hall–Kier alpha value is -0.920. The molecule has 0 atom stereocenters.